The van der Waals surface area contributed by atoms with Crippen molar-refractivity contribution in [1.29, 1.82) is 0 Å². The van der Waals surface area contributed by atoms with E-state index in [2.05, 4.69) is 15.7 Å². The van der Waals surface area contributed by atoms with Crippen molar-refractivity contribution in [3.05, 3.63) is 41.6 Å². The highest BCUT2D eigenvalue weighted by Gasteiger charge is 2.30. The first-order valence-electron chi connectivity index (χ1n) is 8.54. The topological polar surface area (TPSA) is 59.0 Å². The highest BCUT2D eigenvalue weighted by atomic mass is 19.4. The molecule has 2 N–H and O–H groups in total. The molecule has 0 saturated carbocycles. The minimum atomic E-state index is -4.47. The first-order chi connectivity index (χ1) is 12.2. The molecule has 5 nitrogen and oxygen atoms in total. The average molecular weight is 382 g/mol. The second kappa shape index (κ2) is 6.90. The Morgan fingerprint density at radius 2 is 1.63 bits per heavy atom. The summed E-state index contributed by atoms with van der Waals surface area (Å²) >= 11 is 0. The van der Waals surface area contributed by atoms with Crippen LogP contribution in [0.5, 0.6) is 0 Å². The SMILES string of the molecule is CC(C)(C)c1cc(NC(=O)Nc2cccc(C(F)(F)F)c2)n(C(C)(C)C)n1. The second-order valence-corrected chi connectivity index (χ2v) is 8.41. The van der Waals surface area contributed by atoms with Crippen LogP contribution in [0.3, 0.4) is 0 Å². The van der Waals surface area contributed by atoms with E-state index in [1.54, 1.807) is 10.7 Å². The molecule has 0 aliphatic carbocycles. The molecule has 1 aromatic carbocycles. The van der Waals surface area contributed by atoms with Crippen LogP contribution in [0.25, 0.3) is 0 Å². The number of carbonyl (C=O) groups excluding carboxylic acids is 1. The Morgan fingerprint density at radius 1 is 1.00 bits per heavy atom. The molecule has 0 aliphatic heterocycles. The average Bonchev–Trinajstić information content (AvgIpc) is 2.90. The fraction of sp³-hybridized carbons (Fsp3) is 0.474. The quantitative estimate of drug-likeness (QED) is 0.710. The summed E-state index contributed by atoms with van der Waals surface area (Å²) in [5.74, 6) is 0.469. The standard InChI is InChI=1S/C19H25F3N4O/c1-17(2,3)14-11-15(26(25-14)18(4,5)6)24-16(27)23-13-9-7-8-12(10-13)19(20,21)22/h7-11H,1-6H3,(H2,23,24,27). The van der Waals surface area contributed by atoms with Crippen LogP contribution in [0.1, 0.15) is 52.8 Å². The van der Waals surface area contributed by atoms with Gasteiger partial charge in [-0.05, 0) is 39.0 Å². The number of urea groups is 1. The van der Waals surface area contributed by atoms with E-state index in [9.17, 15) is 18.0 Å². The number of aromatic nitrogens is 2. The maximum absolute atomic E-state index is 12.8. The Kier molecular flexibility index (Phi) is 5.32. The van der Waals surface area contributed by atoms with E-state index < -0.39 is 17.8 Å². The number of halogens is 3. The van der Waals surface area contributed by atoms with Gasteiger partial charge >= 0.3 is 12.2 Å². The highest BCUT2D eigenvalue weighted by Crippen LogP contribution is 2.31. The zero-order valence-corrected chi connectivity index (χ0v) is 16.3. The van der Waals surface area contributed by atoms with E-state index in [1.165, 1.54) is 12.1 Å². The molecule has 8 heteroatoms. The second-order valence-electron chi connectivity index (χ2n) is 8.41. The van der Waals surface area contributed by atoms with E-state index >= 15 is 0 Å². The minimum Gasteiger partial charge on any atom is -0.308 e. The molecule has 148 valence electrons. The van der Waals surface area contributed by atoms with Crippen molar-refractivity contribution in [2.45, 2.75) is 58.7 Å². The molecule has 1 aromatic heterocycles. The van der Waals surface area contributed by atoms with Gasteiger partial charge in [-0.25, -0.2) is 9.48 Å². The number of anilines is 2. The molecule has 0 fully saturated rings. The van der Waals surface area contributed by atoms with Crippen molar-refractivity contribution in [2.24, 2.45) is 0 Å². The predicted octanol–water partition coefficient (Wildman–Crippen LogP) is 5.60. The summed E-state index contributed by atoms with van der Waals surface area (Å²) in [6.07, 6.45) is -4.47. The normalized spacial score (nSPS) is 12.8. The van der Waals surface area contributed by atoms with Crippen molar-refractivity contribution in [3.63, 3.8) is 0 Å². The van der Waals surface area contributed by atoms with Crippen molar-refractivity contribution in [3.8, 4) is 0 Å². The first kappa shape index (κ1) is 20.8. The summed E-state index contributed by atoms with van der Waals surface area (Å²) in [7, 11) is 0. The predicted molar refractivity (Wildman–Crippen MR) is 100 cm³/mol. The van der Waals surface area contributed by atoms with E-state index in [4.69, 9.17) is 0 Å². The lowest BCUT2D eigenvalue weighted by Crippen LogP contribution is -2.28. The highest BCUT2D eigenvalue weighted by molar-refractivity contribution is 5.99. The number of nitrogens with zero attached hydrogens (tertiary/aromatic N) is 2. The minimum absolute atomic E-state index is 0.0557. The molecule has 0 aliphatic rings. The van der Waals surface area contributed by atoms with Gasteiger partial charge in [-0.3, -0.25) is 5.32 Å². The van der Waals surface area contributed by atoms with E-state index in [-0.39, 0.29) is 16.6 Å². The van der Waals surface area contributed by atoms with Crippen molar-refractivity contribution in [2.75, 3.05) is 10.6 Å². The monoisotopic (exact) mass is 382 g/mol. The number of hydrogen-bond donors (Lipinski definition) is 2. The molecule has 2 aromatic rings. The number of rotatable bonds is 2. The first-order valence-corrected chi connectivity index (χ1v) is 8.54. The third-order valence-corrected chi connectivity index (χ3v) is 3.80. The van der Waals surface area contributed by atoms with Crippen LogP contribution in [0.4, 0.5) is 29.5 Å². The molecular weight excluding hydrogens is 357 g/mol. The van der Waals surface area contributed by atoms with Crippen molar-refractivity contribution in [1.82, 2.24) is 9.78 Å². The fourth-order valence-corrected chi connectivity index (χ4v) is 2.40. The van der Waals surface area contributed by atoms with Crippen LogP contribution < -0.4 is 10.6 Å². The lowest BCUT2D eigenvalue weighted by atomic mass is 9.92. The molecule has 1 heterocycles. The smallest absolute Gasteiger partial charge is 0.308 e. The van der Waals surface area contributed by atoms with E-state index in [0.717, 1.165) is 17.8 Å². The Morgan fingerprint density at radius 3 is 2.15 bits per heavy atom. The lowest BCUT2D eigenvalue weighted by Gasteiger charge is -2.23. The molecule has 27 heavy (non-hydrogen) atoms. The maximum Gasteiger partial charge on any atom is 0.416 e. The third kappa shape index (κ3) is 5.24. The van der Waals surface area contributed by atoms with Gasteiger partial charge in [0.2, 0.25) is 0 Å². The molecule has 0 unspecified atom stereocenters. The van der Waals surface area contributed by atoms with Crippen LogP contribution >= 0.6 is 0 Å². The Bertz CT molecular complexity index is 827. The van der Waals surface area contributed by atoms with Gasteiger partial charge in [0.1, 0.15) is 5.82 Å². The van der Waals surface area contributed by atoms with Gasteiger partial charge in [-0.1, -0.05) is 26.8 Å². The lowest BCUT2D eigenvalue weighted by molar-refractivity contribution is -0.137. The van der Waals surface area contributed by atoms with Gasteiger partial charge in [0.05, 0.1) is 16.8 Å². The molecule has 2 amide bonds. The number of alkyl halides is 3. The van der Waals surface area contributed by atoms with Gasteiger partial charge in [0.15, 0.2) is 0 Å². The molecule has 0 bridgehead atoms. The molecule has 0 atom stereocenters. The maximum atomic E-state index is 12.8. The van der Waals surface area contributed by atoms with Crippen LogP contribution in [0.15, 0.2) is 30.3 Å². The summed E-state index contributed by atoms with van der Waals surface area (Å²) in [6.45, 7) is 11.9. The van der Waals surface area contributed by atoms with Gasteiger partial charge in [0.25, 0.3) is 0 Å². The molecule has 0 spiro atoms. The summed E-state index contributed by atoms with van der Waals surface area (Å²) in [5, 5.41) is 9.71. The Labute approximate surface area is 157 Å². The van der Waals surface area contributed by atoms with Gasteiger partial charge in [-0.2, -0.15) is 18.3 Å². The van der Waals surface area contributed by atoms with Crippen molar-refractivity contribution < 1.29 is 18.0 Å². The summed E-state index contributed by atoms with van der Waals surface area (Å²) in [5.41, 5.74) is -0.575. The summed E-state index contributed by atoms with van der Waals surface area (Å²) < 4.78 is 40.1. The van der Waals surface area contributed by atoms with E-state index in [0.29, 0.717) is 5.82 Å². The van der Waals surface area contributed by atoms with Crippen LogP contribution in [-0.2, 0) is 17.1 Å². The van der Waals surface area contributed by atoms with E-state index in [1.807, 2.05) is 41.5 Å². The molecule has 0 radical (unpaired) electrons. The number of hydrogen-bond acceptors (Lipinski definition) is 2. The number of nitrogens with one attached hydrogen (secondary N) is 2. The molecule has 2 rings (SSSR count). The van der Waals surface area contributed by atoms with Crippen LogP contribution in [-0.4, -0.2) is 15.8 Å². The van der Waals surface area contributed by atoms with Crippen LogP contribution in [0, 0.1) is 0 Å². The zero-order chi connectivity index (χ0) is 20.6. The number of benzene rings is 1. The molecular formula is C19H25F3N4O. The Hall–Kier alpha value is -2.51. The van der Waals surface area contributed by atoms with Gasteiger partial charge in [-0.15, -0.1) is 0 Å². The zero-order valence-electron chi connectivity index (χ0n) is 16.3. The largest absolute Gasteiger partial charge is 0.416 e. The molecule has 0 saturated heterocycles. The van der Waals surface area contributed by atoms with Gasteiger partial charge in [0, 0.05) is 17.2 Å². The Balaban J connectivity index is 2.25. The summed E-state index contributed by atoms with van der Waals surface area (Å²) in [4.78, 5) is 12.3. The van der Waals surface area contributed by atoms with Gasteiger partial charge < -0.3 is 5.32 Å². The number of amides is 2. The van der Waals surface area contributed by atoms with Crippen LogP contribution in [0.2, 0.25) is 0 Å². The third-order valence-electron chi connectivity index (χ3n) is 3.80. The van der Waals surface area contributed by atoms with Crippen molar-refractivity contribution >= 4 is 17.5 Å². The summed E-state index contributed by atoms with van der Waals surface area (Å²) in [6, 6.07) is 5.62. The number of carbonyl (C=O) groups is 1. The fourth-order valence-electron chi connectivity index (χ4n) is 2.40.